The van der Waals surface area contributed by atoms with Crippen LogP contribution >= 0.6 is 15.9 Å². The summed E-state index contributed by atoms with van der Waals surface area (Å²) in [5.74, 6) is 0.301. The summed E-state index contributed by atoms with van der Waals surface area (Å²) >= 11 is 3.62. The van der Waals surface area contributed by atoms with Gasteiger partial charge in [0, 0.05) is 15.7 Å². The van der Waals surface area contributed by atoms with E-state index in [0.29, 0.717) is 19.4 Å². The Morgan fingerprint density at radius 1 is 0.909 bits per heavy atom. The van der Waals surface area contributed by atoms with Crippen LogP contribution in [0.25, 0.3) is 0 Å². The van der Waals surface area contributed by atoms with Gasteiger partial charge in [0.25, 0.3) is 0 Å². The van der Waals surface area contributed by atoms with Crippen molar-refractivity contribution in [2.45, 2.75) is 70.5 Å². The summed E-state index contributed by atoms with van der Waals surface area (Å²) in [7, 11) is -2.17. The quantitative estimate of drug-likeness (QED) is 0.117. The van der Waals surface area contributed by atoms with Crippen LogP contribution in [0.4, 0.5) is 10.1 Å². The Morgan fingerprint density at radius 3 is 2.18 bits per heavy atom. The van der Waals surface area contributed by atoms with Gasteiger partial charge in [-0.05, 0) is 78.5 Å². The zero-order chi connectivity index (χ0) is 31.5. The second kappa shape index (κ2) is 13.4. The Balaban J connectivity index is 1.46. The molecule has 0 radical (unpaired) electrons. The van der Waals surface area contributed by atoms with Crippen LogP contribution in [-0.4, -0.2) is 14.2 Å². The number of β-lactam (4-membered cyclic amide) rings is 1. The van der Waals surface area contributed by atoms with Crippen molar-refractivity contribution in [1.82, 2.24) is 0 Å². The molecule has 0 bridgehead atoms. The molecular weight excluding hydrogens is 633 g/mol. The monoisotopic (exact) mass is 673 g/mol. The Hall–Kier alpha value is -3.26. The summed E-state index contributed by atoms with van der Waals surface area (Å²) in [4.78, 5) is 15.8. The second-order valence-corrected chi connectivity index (χ2v) is 18.7. The highest BCUT2D eigenvalue weighted by molar-refractivity contribution is 9.10. The van der Waals surface area contributed by atoms with E-state index in [4.69, 9.17) is 9.16 Å². The summed E-state index contributed by atoms with van der Waals surface area (Å²) in [6.45, 7) is 11.5. The first-order valence-corrected chi connectivity index (χ1v) is 18.9. The summed E-state index contributed by atoms with van der Waals surface area (Å²) in [5.41, 5.74) is 3.85. The van der Waals surface area contributed by atoms with Gasteiger partial charge in [-0.3, -0.25) is 4.79 Å². The third-order valence-electron chi connectivity index (χ3n) is 9.00. The van der Waals surface area contributed by atoms with Crippen molar-refractivity contribution >= 4 is 35.8 Å². The molecule has 0 N–H and O–H groups in total. The molecule has 1 fully saturated rings. The molecule has 3 atom stereocenters. The van der Waals surface area contributed by atoms with Gasteiger partial charge in [-0.15, -0.1) is 0 Å². The van der Waals surface area contributed by atoms with E-state index in [-0.39, 0.29) is 34.8 Å². The maximum Gasteiger partial charge on any atom is 0.233 e. The zero-order valence-corrected chi connectivity index (χ0v) is 28.7. The van der Waals surface area contributed by atoms with Crippen molar-refractivity contribution in [1.29, 1.82) is 0 Å². The molecule has 1 heterocycles. The summed E-state index contributed by atoms with van der Waals surface area (Å²) in [6, 6.07) is 32.4. The number of anilines is 1. The lowest BCUT2D eigenvalue weighted by Crippen LogP contribution is -2.55. The number of benzene rings is 4. The van der Waals surface area contributed by atoms with Crippen molar-refractivity contribution in [3.63, 3.8) is 0 Å². The SMILES string of the molecule is CC(C)(C)[Si](C)(C)OC(CCC1C(=O)N(c2ccccc2)C1c1ccc(Br)cc1OCc1ccccc1)c1ccc(F)cc1. The van der Waals surface area contributed by atoms with Crippen LogP contribution in [0.15, 0.2) is 108 Å². The van der Waals surface area contributed by atoms with E-state index in [2.05, 4.69) is 55.9 Å². The summed E-state index contributed by atoms with van der Waals surface area (Å²) in [6.07, 6.45) is 1.02. The van der Waals surface area contributed by atoms with E-state index in [1.165, 1.54) is 12.1 Å². The molecule has 1 aliphatic heterocycles. The second-order valence-electron chi connectivity index (χ2n) is 13.0. The normalized spacial score (nSPS) is 17.7. The number of halogens is 2. The van der Waals surface area contributed by atoms with E-state index < -0.39 is 8.32 Å². The molecule has 44 heavy (non-hydrogen) atoms. The van der Waals surface area contributed by atoms with Crippen molar-refractivity contribution in [2.75, 3.05) is 4.90 Å². The highest BCUT2D eigenvalue weighted by Gasteiger charge is 2.50. The first-order chi connectivity index (χ1) is 20.9. The summed E-state index contributed by atoms with van der Waals surface area (Å²) in [5, 5.41) is 0.00658. The number of carbonyl (C=O) groups is 1. The molecule has 0 saturated carbocycles. The predicted molar refractivity (Wildman–Crippen MR) is 182 cm³/mol. The Labute approximate surface area is 270 Å². The van der Waals surface area contributed by atoms with E-state index in [0.717, 1.165) is 32.6 Å². The minimum atomic E-state index is -2.17. The molecule has 4 nitrogen and oxygen atoms in total. The minimum Gasteiger partial charge on any atom is -0.489 e. The fraction of sp³-hybridized carbons (Fsp3) is 0.324. The van der Waals surface area contributed by atoms with E-state index in [1.54, 1.807) is 0 Å². The van der Waals surface area contributed by atoms with Gasteiger partial charge in [0.2, 0.25) is 5.91 Å². The van der Waals surface area contributed by atoms with Crippen LogP contribution in [0.2, 0.25) is 18.1 Å². The van der Waals surface area contributed by atoms with Gasteiger partial charge >= 0.3 is 0 Å². The Morgan fingerprint density at radius 2 is 1.55 bits per heavy atom. The van der Waals surface area contributed by atoms with Gasteiger partial charge < -0.3 is 14.1 Å². The van der Waals surface area contributed by atoms with Gasteiger partial charge in [-0.2, -0.15) is 0 Å². The summed E-state index contributed by atoms with van der Waals surface area (Å²) < 4.78 is 28.1. The molecule has 1 amide bonds. The first kappa shape index (κ1) is 32.1. The van der Waals surface area contributed by atoms with Gasteiger partial charge in [-0.25, -0.2) is 4.39 Å². The largest absolute Gasteiger partial charge is 0.489 e. The standard InChI is InChI=1S/C37H41BrFNO3Si/c1-37(2,3)44(4,5)43-33(27-16-19-29(39)20-17-27)23-22-32-35(40(36(32)41)30-14-10-7-11-15-30)31-21-18-28(38)24-34(31)42-25-26-12-8-6-9-13-26/h6-21,24,32-33,35H,22-23,25H2,1-5H3. The van der Waals surface area contributed by atoms with Crippen LogP contribution in [0, 0.1) is 11.7 Å². The molecule has 1 aliphatic rings. The van der Waals surface area contributed by atoms with Crippen LogP contribution in [0.5, 0.6) is 5.75 Å². The highest BCUT2D eigenvalue weighted by atomic mass is 79.9. The van der Waals surface area contributed by atoms with Crippen LogP contribution in [-0.2, 0) is 15.8 Å². The minimum absolute atomic E-state index is 0.00658. The highest BCUT2D eigenvalue weighted by Crippen LogP contribution is 2.50. The smallest absolute Gasteiger partial charge is 0.233 e. The van der Waals surface area contributed by atoms with Crippen molar-refractivity contribution < 1.29 is 18.3 Å². The average molecular weight is 675 g/mol. The first-order valence-electron chi connectivity index (χ1n) is 15.2. The number of carbonyl (C=O) groups excluding carboxylic acids is 1. The molecule has 0 aromatic heterocycles. The van der Waals surface area contributed by atoms with E-state index in [1.807, 2.05) is 89.8 Å². The predicted octanol–water partition coefficient (Wildman–Crippen LogP) is 10.4. The third-order valence-corrected chi connectivity index (χ3v) is 14.0. The van der Waals surface area contributed by atoms with Crippen molar-refractivity contribution in [2.24, 2.45) is 5.92 Å². The molecule has 4 aromatic rings. The fourth-order valence-electron chi connectivity index (χ4n) is 5.51. The van der Waals surface area contributed by atoms with Gasteiger partial charge in [0.05, 0.1) is 18.1 Å². The molecule has 230 valence electrons. The van der Waals surface area contributed by atoms with Crippen LogP contribution in [0.3, 0.4) is 0 Å². The van der Waals surface area contributed by atoms with Crippen molar-refractivity contribution in [3.05, 3.63) is 130 Å². The number of para-hydroxylation sites is 1. The van der Waals surface area contributed by atoms with E-state index in [9.17, 15) is 9.18 Å². The maximum atomic E-state index is 13.9. The van der Waals surface area contributed by atoms with Crippen LogP contribution < -0.4 is 9.64 Å². The molecule has 0 aliphatic carbocycles. The van der Waals surface area contributed by atoms with Crippen molar-refractivity contribution in [3.8, 4) is 5.75 Å². The molecular formula is C37H41BrFNO3Si. The fourth-order valence-corrected chi connectivity index (χ4v) is 7.17. The number of amides is 1. The number of ether oxygens (including phenoxy) is 1. The topological polar surface area (TPSA) is 38.8 Å². The zero-order valence-electron chi connectivity index (χ0n) is 26.1. The molecule has 5 rings (SSSR count). The van der Waals surface area contributed by atoms with Gasteiger partial charge in [0.1, 0.15) is 18.2 Å². The van der Waals surface area contributed by atoms with Crippen LogP contribution in [0.1, 0.15) is 62.4 Å². The Kier molecular flexibility index (Phi) is 9.78. The molecule has 1 saturated heterocycles. The molecule has 0 spiro atoms. The lowest BCUT2D eigenvalue weighted by atomic mass is 9.78. The molecule has 3 unspecified atom stereocenters. The lowest BCUT2D eigenvalue weighted by molar-refractivity contribution is -0.131. The number of rotatable bonds is 11. The molecule has 4 aromatic carbocycles. The maximum absolute atomic E-state index is 13.9. The average Bonchev–Trinajstić information content (AvgIpc) is 2.99. The molecule has 7 heteroatoms. The van der Waals surface area contributed by atoms with Gasteiger partial charge in [0.15, 0.2) is 8.32 Å². The number of hydrogen-bond donors (Lipinski definition) is 0. The van der Waals surface area contributed by atoms with Gasteiger partial charge in [-0.1, -0.05) is 103 Å². The number of hydrogen-bond acceptors (Lipinski definition) is 3. The number of nitrogens with zero attached hydrogens (tertiary/aromatic N) is 1. The third kappa shape index (κ3) is 7.17. The Bertz CT molecular complexity index is 1560. The lowest BCUT2D eigenvalue weighted by Gasteiger charge is -2.48. The van der Waals surface area contributed by atoms with E-state index >= 15 is 0 Å².